The fraction of sp³-hybridized carbons (Fsp3) is 0.350. The standard InChI is InChI=1S/C20H25N3O3S/c1-13-8-7-9-17-19(13)21-18(23(17)5)12-22(4)27(24,25)20-14(2)10-16(26-6)11-15(20)3/h7-11H,12H2,1-6H3. The Morgan fingerprint density at radius 3 is 2.30 bits per heavy atom. The SMILES string of the molecule is COc1cc(C)c(S(=O)(=O)N(C)Cc2nc3c(C)cccc3n2C)c(C)c1. The van der Waals surface area contributed by atoms with E-state index in [1.807, 2.05) is 36.7 Å². The molecule has 0 spiro atoms. The minimum atomic E-state index is -3.66. The third kappa shape index (κ3) is 3.33. The van der Waals surface area contributed by atoms with E-state index >= 15 is 0 Å². The number of hydrogen-bond donors (Lipinski definition) is 0. The maximum absolute atomic E-state index is 13.2. The molecule has 0 fully saturated rings. The summed E-state index contributed by atoms with van der Waals surface area (Å²) in [5.74, 6) is 1.35. The van der Waals surface area contributed by atoms with Gasteiger partial charge >= 0.3 is 0 Å². The van der Waals surface area contributed by atoms with Gasteiger partial charge in [-0.15, -0.1) is 0 Å². The van der Waals surface area contributed by atoms with Crippen molar-refractivity contribution in [3.63, 3.8) is 0 Å². The van der Waals surface area contributed by atoms with Gasteiger partial charge in [0.25, 0.3) is 0 Å². The number of sulfonamides is 1. The Balaban J connectivity index is 2.00. The number of nitrogens with zero attached hydrogens (tertiary/aromatic N) is 3. The lowest BCUT2D eigenvalue weighted by atomic mass is 10.1. The van der Waals surface area contributed by atoms with Crippen molar-refractivity contribution in [3.05, 3.63) is 52.8 Å². The molecule has 3 aromatic rings. The fourth-order valence-corrected chi connectivity index (χ4v) is 4.95. The van der Waals surface area contributed by atoms with Gasteiger partial charge in [0.15, 0.2) is 0 Å². The number of imidazole rings is 1. The van der Waals surface area contributed by atoms with Gasteiger partial charge in [0.05, 0.1) is 29.6 Å². The minimum Gasteiger partial charge on any atom is -0.497 e. The molecule has 0 bridgehead atoms. The van der Waals surface area contributed by atoms with E-state index in [0.717, 1.165) is 16.6 Å². The van der Waals surface area contributed by atoms with E-state index < -0.39 is 10.0 Å². The molecule has 1 aromatic heterocycles. The number of aryl methyl sites for hydroxylation is 4. The van der Waals surface area contributed by atoms with Crippen molar-refractivity contribution in [3.8, 4) is 5.75 Å². The predicted molar refractivity (Wildman–Crippen MR) is 107 cm³/mol. The highest BCUT2D eigenvalue weighted by atomic mass is 32.2. The maximum Gasteiger partial charge on any atom is 0.243 e. The second kappa shape index (κ2) is 6.98. The lowest BCUT2D eigenvalue weighted by molar-refractivity contribution is 0.413. The van der Waals surface area contributed by atoms with Crippen LogP contribution in [0.5, 0.6) is 5.75 Å². The molecule has 0 aliphatic carbocycles. The molecule has 0 aliphatic rings. The number of hydrogen-bond acceptors (Lipinski definition) is 4. The van der Waals surface area contributed by atoms with Crippen LogP contribution in [0.25, 0.3) is 11.0 Å². The number of rotatable bonds is 5. The van der Waals surface area contributed by atoms with Crippen LogP contribution in [0.1, 0.15) is 22.5 Å². The highest BCUT2D eigenvalue weighted by molar-refractivity contribution is 7.89. The Morgan fingerprint density at radius 1 is 1.11 bits per heavy atom. The molecule has 3 rings (SSSR count). The van der Waals surface area contributed by atoms with Crippen molar-refractivity contribution in [1.29, 1.82) is 0 Å². The zero-order valence-corrected chi connectivity index (χ0v) is 17.4. The molecule has 0 saturated carbocycles. The number of benzene rings is 2. The molecule has 0 amide bonds. The van der Waals surface area contributed by atoms with Gasteiger partial charge in [0.1, 0.15) is 11.6 Å². The van der Waals surface area contributed by atoms with E-state index in [-0.39, 0.29) is 6.54 Å². The van der Waals surface area contributed by atoms with E-state index in [9.17, 15) is 8.42 Å². The average Bonchev–Trinajstić information content (AvgIpc) is 2.91. The lowest BCUT2D eigenvalue weighted by Crippen LogP contribution is -2.29. The molecule has 7 heteroatoms. The van der Waals surface area contributed by atoms with E-state index in [1.165, 1.54) is 4.31 Å². The van der Waals surface area contributed by atoms with E-state index in [2.05, 4.69) is 4.98 Å². The van der Waals surface area contributed by atoms with Crippen LogP contribution in [0.15, 0.2) is 35.2 Å². The fourth-order valence-electron chi connectivity index (χ4n) is 3.42. The molecule has 144 valence electrons. The van der Waals surface area contributed by atoms with Gasteiger partial charge in [0.2, 0.25) is 10.0 Å². The predicted octanol–water partition coefficient (Wildman–Crippen LogP) is 3.33. The first-order valence-corrected chi connectivity index (χ1v) is 10.1. The Hall–Kier alpha value is -2.38. The van der Waals surface area contributed by atoms with Crippen LogP contribution >= 0.6 is 0 Å². The molecule has 0 unspecified atom stereocenters. The third-order valence-corrected chi connectivity index (χ3v) is 7.02. The number of para-hydroxylation sites is 1. The van der Waals surface area contributed by atoms with Crippen LogP contribution in [-0.2, 0) is 23.6 Å². The van der Waals surface area contributed by atoms with Gasteiger partial charge in [-0.1, -0.05) is 12.1 Å². The van der Waals surface area contributed by atoms with Crippen molar-refractivity contribution in [1.82, 2.24) is 13.9 Å². The lowest BCUT2D eigenvalue weighted by Gasteiger charge is -2.20. The summed E-state index contributed by atoms with van der Waals surface area (Å²) in [5, 5.41) is 0. The second-order valence-electron chi connectivity index (χ2n) is 6.88. The van der Waals surface area contributed by atoms with Crippen LogP contribution < -0.4 is 4.74 Å². The molecular weight excluding hydrogens is 362 g/mol. The summed E-state index contributed by atoms with van der Waals surface area (Å²) in [6, 6.07) is 9.46. The third-order valence-electron chi connectivity index (χ3n) is 4.91. The van der Waals surface area contributed by atoms with Crippen molar-refractivity contribution in [2.24, 2.45) is 7.05 Å². The normalized spacial score (nSPS) is 12.1. The molecule has 27 heavy (non-hydrogen) atoms. The number of ether oxygens (including phenoxy) is 1. The highest BCUT2D eigenvalue weighted by Crippen LogP contribution is 2.29. The van der Waals surface area contributed by atoms with E-state index in [1.54, 1.807) is 40.1 Å². The first kappa shape index (κ1) is 19.4. The summed E-state index contributed by atoms with van der Waals surface area (Å²) >= 11 is 0. The summed E-state index contributed by atoms with van der Waals surface area (Å²) in [5.41, 5.74) is 4.30. The van der Waals surface area contributed by atoms with E-state index in [4.69, 9.17) is 4.74 Å². The molecule has 2 aromatic carbocycles. The van der Waals surface area contributed by atoms with Crippen LogP contribution in [0, 0.1) is 20.8 Å². The zero-order valence-electron chi connectivity index (χ0n) is 16.6. The molecule has 0 aliphatic heterocycles. The van der Waals surface area contributed by atoms with Gasteiger partial charge in [-0.2, -0.15) is 4.31 Å². The Labute approximate surface area is 160 Å². The van der Waals surface area contributed by atoms with Crippen LogP contribution in [0.3, 0.4) is 0 Å². The maximum atomic E-state index is 13.2. The number of aromatic nitrogens is 2. The van der Waals surface area contributed by atoms with Crippen LogP contribution in [0.2, 0.25) is 0 Å². The highest BCUT2D eigenvalue weighted by Gasteiger charge is 2.27. The Bertz CT molecular complexity index is 1090. The average molecular weight is 388 g/mol. The summed E-state index contributed by atoms with van der Waals surface area (Å²) in [7, 11) is 1.41. The second-order valence-corrected chi connectivity index (χ2v) is 8.86. The van der Waals surface area contributed by atoms with Gasteiger partial charge in [-0.05, 0) is 55.7 Å². The van der Waals surface area contributed by atoms with Crippen molar-refractivity contribution in [2.45, 2.75) is 32.2 Å². The summed E-state index contributed by atoms with van der Waals surface area (Å²) in [4.78, 5) is 4.99. The molecule has 1 heterocycles. The number of methoxy groups -OCH3 is 1. The molecule has 0 N–H and O–H groups in total. The van der Waals surface area contributed by atoms with Crippen molar-refractivity contribution in [2.75, 3.05) is 14.2 Å². The summed E-state index contributed by atoms with van der Waals surface area (Å²) in [6.45, 7) is 5.77. The van der Waals surface area contributed by atoms with Crippen molar-refractivity contribution < 1.29 is 13.2 Å². The summed E-state index contributed by atoms with van der Waals surface area (Å²) in [6.07, 6.45) is 0. The topological polar surface area (TPSA) is 64.4 Å². The minimum absolute atomic E-state index is 0.192. The summed E-state index contributed by atoms with van der Waals surface area (Å²) < 4.78 is 35.0. The molecule has 0 radical (unpaired) electrons. The van der Waals surface area contributed by atoms with Gasteiger partial charge < -0.3 is 9.30 Å². The zero-order chi connectivity index (χ0) is 19.9. The van der Waals surface area contributed by atoms with E-state index in [0.29, 0.717) is 27.6 Å². The molecular formula is C20H25N3O3S. The Kier molecular flexibility index (Phi) is 5.01. The van der Waals surface area contributed by atoms with Gasteiger partial charge in [0, 0.05) is 14.1 Å². The smallest absolute Gasteiger partial charge is 0.243 e. The van der Waals surface area contributed by atoms with Gasteiger partial charge in [-0.3, -0.25) is 0 Å². The Morgan fingerprint density at radius 2 is 1.74 bits per heavy atom. The first-order chi connectivity index (χ1) is 12.7. The van der Waals surface area contributed by atoms with Crippen LogP contribution in [0.4, 0.5) is 0 Å². The largest absolute Gasteiger partial charge is 0.497 e. The van der Waals surface area contributed by atoms with Crippen LogP contribution in [-0.4, -0.2) is 36.4 Å². The quantitative estimate of drug-likeness (QED) is 0.674. The molecule has 0 atom stereocenters. The first-order valence-electron chi connectivity index (χ1n) is 8.69. The monoisotopic (exact) mass is 387 g/mol. The molecule has 6 nitrogen and oxygen atoms in total. The molecule has 0 saturated heterocycles. The van der Waals surface area contributed by atoms with Gasteiger partial charge in [-0.25, -0.2) is 13.4 Å². The number of fused-ring (bicyclic) bond motifs is 1. The van der Waals surface area contributed by atoms with Crippen molar-refractivity contribution >= 4 is 21.1 Å².